The van der Waals surface area contributed by atoms with Crippen molar-refractivity contribution >= 4 is 10.1 Å². The normalized spacial score (nSPS) is 11.2. The van der Waals surface area contributed by atoms with E-state index in [1.165, 1.54) is 30.3 Å². The lowest BCUT2D eigenvalue weighted by atomic mass is 10.2. The zero-order chi connectivity index (χ0) is 14.9. The molecule has 0 amide bonds. The van der Waals surface area contributed by atoms with Gasteiger partial charge in [-0.2, -0.15) is 8.42 Å². The van der Waals surface area contributed by atoms with E-state index in [1.807, 2.05) is 0 Å². The first-order valence-electron chi connectivity index (χ1n) is 5.56. The molecule has 106 valence electrons. The molecule has 0 aliphatic carbocycles. The summed E-state index contributed by atoms with van der Waals surface area (Å²) in [4.78, 5) is -0.416. The van der Waals surface area contributed by atoms with Gasteiger partial charge in [0.05, 0.1) is 0 Å². The number of phenolic OH excluding ortho intramolecular Hbond substituents is 3. The lowest BCUT2D eigenvalue weighted by Gasteiger charge is -2.10. The maximum absolute atomic E-state index is 12.1. The molecule has 7 heteroatoms. The molecule has 0 heterocycles. The molecule has 2 aromatic rings. The Bertz CT molecular complexity index is 751. The molecule has 0 fully saturated rings. The second kappa shape index (κ2) is 4.93. The van der Waals surface area contributed by atoms with Crippen molar-refractivity contribution in [2.75, 3.05) is 0 Å². The first-order chi connectivity index (χ1) is 9.31. The minimum absolute atomic E-state index is 0.416. The summed E-state index contributed by atoms with van der Waals surface area (Å²) in [6, 6.07) is 7.69. The number of aromatic hydroxyl groups is 3. The topological polar surface area (TPSA) is 104 Å². The van der Waals surface area contributed by atoms with Crippen LogP contribution in [0.2, 0.25) is 0 Å². The second-order valence-corrected chi connectivity index (χ2v) is 5.65. The van der Waals surface area contributed by atoms with Gasteiger partial charge in [-0.1, -0.05) is 12.1 Å². The summed E-state index contributed by atoms with van der Waals surface area (Å²) < 4.78 is 28.9. The molecule has 0 aromatic heterocycles. The average molecular weight is 296 g/mol. The summed E-state index contributed by atoms with van der Waals surface area (Å²) in [5.41, 5.74) is 0.616. The number of benzene rings is 2. The largest absolute Gasteiger partial charge is 0.506 e. The van der Waals surface area contributed by atoms with Crippen molar-refractivity contribution in [2.45, 2.75) is 11.8 Å². The molecule has 0 aliphatic rings. The Morgan fingerprint density at radius 3 is 2.40 bits per heavy atom. The molecule has 0 radical (unpaired) electrons. The summed E-state index contributed by atoms with van der Waals surface area (Å²) >= 11 is 0. The minimum atomic E-state index is -4.33. The average Bonchev–Trinajstić information content (AvgIpc) is 2.37. The van der Waals surface area contributed by atoms with Crippen molar-refractivity contribution in [1.82, 2.24) is 0 Å². The number of phenols is 3. The van der Waals surface area contributed by atoms with Gasteiger partial charge in [0.1, 0.15) is 10.6 Å². The van der Waals surface area contributed by atoms with Crippen molar-refractivity contribution in [1.29, 1.82) is 0 Å². The fourth-order valence-corrected chi connectivity index (χ4v) is 2.68. The van der Waals surface area contributed by atoms with E-state index >= 15 is 0 Å². The summed E-state index contributed by atoms with van der Waals surface area (Å²) in [7, 11) is -4.33. The Morgan fingerprint density at radius 2 is 1.70 bits per heavy atom. The monoisotopic (exact) mass is 296 g/mol. The van der Waals surface area contributed by atoms with Crippen molar-refractivity contribution in [3.63, 3.8) is 0 Å². The number of rotatable bonds is 3. The van der Waals surface area contributed by atoms with Crippen molar-refractivity contribution in [3.05, 3.63) is 42.0 Å². The molecular weight excluding hydrogens is 284 g/mol. The van der Waals surface area contributed by atoms with E-state index < -0.39 is 38.0 Å². The highest BCUT2D eigenvalue weighted by Gasteiger charge is 2.23. The SMILES string of the molecule is Cc1ccc(O)c(S(=O)(=O)Oc2cccc(O)c2O)c1. The lowest BCUT2D eigenvalue weighted by Crippen LogP contribution is -2.10. The molecule has 0 saturated heterocycles. The number of hydrogen-bond acceptors (Lipinski definition) is 6. The molecule has 0 spiro atoms. The van der Waals surface area contributed by atoms with Crippen LogP contribution in [0.4, 0.5) is 0 Å². The van der Waals surface area contributed by atoms with Gasteiger partial charge in [0.2, 0.25) is 5.75 Å². The van der Waals surface area contributed by atoms with Crippen LogP contribution < -0.4 is 4.18 Å². The van der Waals surface area contributed by atoms with Crippen molar-refractivity contribution in [3.8, 4) is 23.0 Å². The van der Waals surface area contributed by atoms with Crippen LogP contribution in [0, 0.1) is 6.92 Å². The first-order valence-corrected chi connectivity index (χ1v) is 6.97. The Kier molecular flexibility index (Phi) is 3.46. The molecule has 0 unspecified atom stereocenters. The van der Waals surface area contributed by atoms with E-state index in [0.717, 1.165) is 0 Å². The van der Waals surface area contributed by atoms with Gasteiger partial charge in [0.25, 0.3) is 0 Å². The van der Waals surface area contributed by atoms with Gasteiger partial charge in [0.15, 0.2) is 11.5 Å². The van der Waals surface area contributed by atoms with E-state index in [1.54, 1.807) is 13.0 Å². The van der Waals surface area contributed by atoms with E-state index in [2.05, 4.69) is 0 Å². The van der Waals surface area contributed by atoms with Gasteiger partial charge in [0, 0.05) is 0 Å². The van der Waals surface area contributed by atoms with Crippen LogP contribution in [0.25, 0.3) is 0 Å². The van der Waals surface area contributed by atoms with Crippen LogP contribution in [-0.4, -0.2) is 23.7 Å². The fraction of sp³-hybridized carbons (Fsp3) is 0.0769. The highest BCUT2D eigenvalue weighted by Crippen LogP contribution is 2.37. The Hall–Kier alpha value is -2.41. The highest BCUT2D eigenvalue weighted by molar-refractivity contribution is 7.87. The van der Waals surface area contributed by atoms with Gasteiger partial charge < -0.3 is 19.5 Å². The number of hydrogen-bond donors (Lipinski definition) is 3. The van der Waals surface area contributed by atoms with Gasteiger partial charge in [-0.15, -0.1) is 0 Å². The Morgan fingerprint density at radius 1 is 1.00 bits per heavy atom. The molecule has 6 nitrogen and oxygen atoms in total. The maximum Gasteiger partial charge on any atom is 0.343 e. The predicted octanol–water partition coefficient (Wildman–Crippen LogP) is 1.88. The van der Waals surface area contributed by atoms with E-state index in [9.17, 15) is 23.7 Å². The summed E-state index contributed by atoms with van der Waals surface area (Å²) in [5, 5.41) is 28.4. The maximum atomic E-state index is 12.1. The molecule has 0 bridgehead atoms. The zero-order valence-corrected chi connectivity index (χ0v) is 11.3. The molecule has 2 aromatic carbocycles. The van der Waals surface area contributed by atoms with Crippen LogP contribution in [0.15, 0.2) is 41.3 Å². The van der Waals surface area contributed by atoms with Crippen LogP contribution in [-0.2, 0) is 10.1 Å². The third kappa shape index (κ3) is 2.62. The van der Waals surface area contributed by atoms with Crippen molar-refractivity contribution in [2.24, 2.45) is 0 Å². The smallest absolute Gasteiger partial charge is 0.343 e. The predicted molar refractivity (Wildman–Crippen MR) is 70.4 cm³/mol. The quantitative estimate of drug-likeness (QED) is 0.590. The van der Waals surface area contributed by atoms with Gasteiger partial charge in [-0.25, -0.2) is 0 Å². The Balaban J connectivity index is 2.46. The van der Waals surface area contributed by atoms with Crippen molar-refractivity contribution < 1.29 is 27.9 Å². The first kappa shape index (κ1) is 14.0. The van der Waals surface area contributed by atoms with E-state index in [4.69, 9.17) is 4.18 Å². The van der Waals surface area contributed by atoms with Gasteiger partial charge in [-0.3, -0.25) is 0 Å². The standard InChI is InChI=1S/C13H12O6S/c1-8-5-6-9(14)12(7-8)20(17,18)19-11-4-2-3-10(15)13(11)16/h2-7,14-16H,1H3. The minimum Gasteiger partial charge on any atom is -0.506 e. The van der Waals surface area contributed by atoms with Crippen LogP contribution in [0.3, 0.4) is 0 Å². The molecular formula is C13H12O6S. The van der Waals surface area contributed by atoms with Crippen LogP contribution in [0.5, 0.6) is 23.0 Å². The third-order valence-corrected chi connectivity index (χ3v) is 3.83. The van der Waals surface area contributed by atoms with E-state index in [-0.39, 0.29) is 0 Å². The van der Waals surface area contributed by atoms with Gasteiger partial charge in [-0.05, 0) is 36.8 Å². The van der Waals surface area contributed by atoms with Gasteiger partial charge >= 0.3 is 10.1 Å². The molecule has 2 rings (SSSR count). The lowest BCUT2D eigenvalue weighted by molar-refractivity contribution is 0.382. The molecule has 3 N–H and O–H groups in total. The summed E-state index contributed by atoms with van der Waals surface area (Å²) in [6.45, 7) is 1.66. The highest BCUT2D eigenvalue weighted by atomic mass is 32.2. The molecule has 0 saturated carbocycles. The second-order valence-electron chi connectivity index (χ2n) is 4.13. The Labute approximate surface area is 115 Å². The van der Waals surface area contributed by atoms with E-state index in [0.29, 0.717) is 5.56 Å². The third-order valence-electron chi connectivity index (χ3n) is 2.56. The van der Waals surface area contributed by atoms with Crippen LogP contribution >= 0.6 is 0 Å². The fourth-order valence-electron chi connectivity index (χ4n) is 1.56. The zero-order valence-electron chi connectivity index (χ0n) is 10.4. The summed E-state index contributed by atoms with van der Waals surface area (Å²) in [6.07, 6.45) is 0. The number of aryl methyl sites for hydroxylation is 1. The molecule has 0 aliphatic heterocycles. The molecule has 0 atom stereocenters. The molecule has 20 heavy (non-hydrogen) atoms. The number of para-hydroxylation sites is 1. The van der Waals surface area contributed by atoms with Crippen LogP contribution in [0.1, 0.15) is 5.56 Å². The summed E-state index contributed by atoms with van der Waals surface area (Å²) in [5.74, 6) is -2.09.